The van der Waals surface area contributed by atoms with Gasteiger partial charge in [-0.2, -0.15) is 0 Å². The Bertz CT molecular complexity index is 837. The zero-order valence-electron chi connectivity index (χ0n) is 15.1. The van der Waals surface area contributed by atoms with E-state index in [2.05, 4.69) is 43.1 Å². The van der Waals surface area contributed by atoms with Crippen molar-refractivity contribution in [3.05, 3.63) is 76.1 Å². The first-order chi connectivity index (χ1) is 12.3. The quantitative estimate of drug-likeness (QED) is 0.872. The molecule has 0 saturated carbocycles. The maximum absolute atomic E-state index is 4.90. The Balaban J connectivity index is 1.94. The van der Waals surface area contributed by atoms with E-state index in [0.717, 1.165) is 50.8 Å². The average molecular weight is 330 g/mol. The van der Waals surface area contributed by atoms with Crippen molar-refractivity contribution >= 4 is 11.6 Å². The molecular weight excluding hydrogens is 304 g/mol. The van der Waals surface area contributed by atoms with Gasteiger partial charge >= 0.3 is 0 Å². The molecule has 1 N–H and O–H groups in total. The van der Waals surface area contributed by atoms with Crippen LogP contribution in [0, 0.1) is 0 Å². The van der Waals surface area contributed by atoms with Crippen molar-refractivity contribution in [2.24, 2.45) is 0 Å². The lowest BCUT2D eigenvalue weighted by molar-refractivity contribution is 0.611. The minimum Gasteiger partial charge on any atom is -0.316 e. The minimum absolute atomic E-state index is 1.05. The van der Waals surface area contributed by atoms with E-state index in [-0.39, 0.29) is 0 Å². The summed E-state index contributed by atoms with van der Waals surface area (Å²) in [6.07, 6.45) is 9.35. The zero-order chi connectivity index (χ0) is 17.2. The number of hydrogen-bond acceptors (Lipinski definition) is 2. The molecule has 2 nitrogen and oxygen atoms in total. The van der Waals surface area contributed by atoms with E-state index < -0.39 is 0 Å². The first-order valence-electron chi connectivity index (χ1n) is 9.46. The smallest absolute Gasteiger partial charge is 0.0740 e. The predicted molar refractivity (Wildman–Crippen MR) is 106 cm³/mol. The lowest BCUT2D eigenvalue weighted by Crippen LogP contribution is -2.24. The van der Waals surface area contributed by atoms with Gasteiger partial charge in [0.25, 0.3) is 0 Å². The highest BCUT2D eigenvalue weighted by Crippen LogP contribution is 2.37. The number of nitrogens with one attached hydrogen (secondary N) is 1. The van der Waals surface area contributed by atoms with E-state index >= 15 is 0 Å². The number of nitrogens with zero attached hydrogens (tertiary/aromatic N) is 1. The van der Waals surface area contributed by atoms with E-state index in [9.17, 15) is 0 Å². The van der Waals surface area contributed by atoms with Crippen molar-refractivity contribution in [3.63, 3.8) is 0 Å². The second-order valence-corrected chi connectivity index (χ2v) is 7.05. The van der Waals surface area contributed by atoms with E-state index in [1.54, 1.807) is 5.57 Å². The summed E-state index contributed by atoms with van der Waals surface area (Å²) in [6, 6.07) is 9.33. The molecule has 2 heteroatoms. The third-order valence-electron chi connectivity index (χ3n) is 5.53. The number of rotatable bonds is 2. The molecular formula is C23H26N2. The van der Waals surface area contributed by atoms with Crippen LogP contribution in [0.2, 0.25) is 0 Å². The minimum atomic E-state index is 1.05. The Labute approximate surface area is 150 Å². The molecule has 1 aliphatic carbocycles. The van der Waals surface area contributed by atoms with Gasteiger partial charge in [-0.3, -0.25) is 4.98 Å². The zero-order valence-corrected chi connectivity index (χ0v) is 15.1. The van der Waals surface area contributed by atoms with E-state index in [1.165, 1.54) is 33.5 Å². The number of aryl methyl sites for hydroxylation is 3. The maximum atomic E-state index is 4.90. The third kappa shape index (κ3) is 3.07. The second kappa shape index (κ2) is 6.97. The Morgan fingerprint density at radius 3 is 2.64 bits per heavy atom. The molecule has 0 spiro atoms. The summed E-state index contributed by atoms with van der Waals surface area (Å²) in [7, 11) is 0. The van der Waals surface area contributed by atoms with Gasteiger partial charge in [0.1, 0.15) is 0 Å². The monoisotopic (exact) mass is 330 g/mol. The van der Waals surface area contributed by atoms with Crippen LogP contribution in [0.3, 0.4) is 0 Å². The summed E-state index contributed by atoms with van der Waals surface area (Å²) < 4.78 is 0. The standard InChI is InChI=1S/C23H26N2/c1-3-16-5-8-21-19(13-16)6-7-20-14-17(4-2)15-25-23(20)22(21)18-9-11-24-12-10-18/h4-5,8,13-15,24H,2-3,6-7,9-12H2,1H3. The van der Waals surface area contributed by atoms with Crippen molar-refractivity contribution in [1.29, 1.82) is 0 Å². The molecule has 1 aromatic heterocycles. The molecule has 1 aliphatic heterocycles. The van der Waals surface area contributed by atoms with Gasteiger partial charge in [-0.15, -0.1) is 0 Å². The van der Waals surface area contributed by atoms with Gasteiger partial charge < -0.3 is 5.32 Å². The van der Waals surface area contributed by atoms with Crippen molar-refractivity contribution in [3.8, 4) is 0 Å². The van der Waals surface area contributed by atoms with Crippen LogP contribution in [0.1, 0.15) is 53.3 Å². The number of piperidine rings is 1. The third-order valence-corrected chi connectivity index (χ3v) is 5.53. The summed E-state index contributed by atoms with van der Waals surface area (Å²) in [5, 5.41) is 3.49. The highest BCUT2D eigenvalue weighted by atomic mass is 14.9. The van der Waals surface area contributed by atoms with Crippen LogP contribution in [0.15, 0.2) is 42.6 Å². The SMILES string of the molecule is C=Cc1cnc2c(c1)CCc1cc(CC)ccc1C2=C1CCNCC1. The van der Waals surface area contributed by atoms with Gasteiger partial charge in [0, 0.05) is 11.8 Å². The van der Waals surface area contributed by atoms with Crippen molar-refractivity contribution in [1.82, 2.24) is 10.3 Å². The fraction of sp³-hybridized carbons (Fsp3) is 0.348. The number of fused-ring (bicyclic) bond motifs is 2. The fourth-order valence-electron chi connectivity index (χ4n) is 4.11. The first kappa shape index (κ1) is 16.3. The van der Waals surface area contributed by atoms with E-state index in [4.69, 9.17) is 4.98 Å². The lowest BCUT2D eigenvalue weighted by Gasteiger charge is -2.22. The molecule has 2 aromatic rings. The molecule has 0 bridgehead atoms. The summed E-state index contributed by atoms with van der Waals surface area (Å²) in [5.74, 6) is 0. The normalized spacial score (nSPS) is 16.8. The van der Waals surface area contributed by atoms with Crippen LogP contribution in [-0.4, -0.2) is 18.1 Å². The highest BCUT2D eigenvalue weighted by Gasteiger charge is 2.23. The molecule has 2 aliphatic rings. The molecule has 1 aromatic carbocycles. The number of pyridine rings is 1. The molecule has 2 heterocycles. The second-order valence-electron chi connectivity index (χ2n) is 7.05. The summed E-state index contributed by atoms with van der Waals surface area (Å²) >= 11 is 0. The molecule has 128 valence electrons. The molecule has 0 amide bonds. The van der Waals surface area contributed by atoms with Crippen molar-refractivity contribution in [2.45, 2.75) is 39.0 Å². The maximum Gasteiger partial charge on any atom is 0.0740 e. The fourth-order valence-corrected chi connectivity index (χ4v) is 4.11. The molecule has 1 saturated heterocycles. The summed E-state index contributed by atoms with van der Waals surface area (Å²) in [4.78, 5) is 4.90. The average Bonchev–Trinajstić information content (AvgIpc) is 2.84. The van der Waals surface area contributed by atoms with E-state index in [1.807, 2.05) is 12.3 Å². The van der Waals surface area contributed by atoms with Crippen LogP contribution >= 0.6 is 0 Å². The Hall–Kier alpha value is -2.19. The van der Waals surface area contributed by atoms with E-state index in [0.29, 0.717) is 0 Å². The van der Waals surface area contributed by atoms with Gasteiger partial charge in [0.2, 0.25) is 0 Å². The first-order valence-corrected chi connectivity index (χ1v) is 9.46. The molecule has 0 radical (unpaired) electrons. The summed E-state index contributed by atoms with van der Waals surface area (Å²) in [5.41, 5.74) is 11.0. The number of aromatic nitrogens is 1. The molecule has 0 atom stereocenters. The molecule has 25 heavy (non-hydrogen) atoms. The number of benzene rings is 1. The molecule has 4 rings (SSSR count). The van der Waals surface area contributed by atoms with Gasteiger partial charge in [0.15, 0.2) is 0 Å². The predicted octanol–water partition coefficient (Wildman–Crippen LogP) is 4.57. The summed E-state index contributed by atoms with van der Waals surface area (Å²) in [6.45, 7) is 8.29. The van der Waals surface area contributed by atoms with Crippen molar-refractivity contribution < 1.29 is 0 Å². The van der Waals surface area contributed by atoms with Crippen molar-refractivity contribution in [2.75, 3.05) is 13.1 Å². The Morgan fingerprint density at radius 2 is 1.88 bits per heavy atom. The largest absolute Gasteiger partial charge is 0.316 e. The van der Waals surface area contributed by atoms with Gasteiger partial charge in [-0.25, -0.2) is 0 Å². The topological polar surface area (TPSA) is 24.9 Å². The van der Waals surface area contributed by atoms with Crippen LogP contribution < -0.4 is 5.32 Å². The molecule has 1 fully saturated rings. The van der Waals surface area contributed by atoms with Gasteiger partial charge in [0.05, 0.1) is 5.69 Å². The van der Waals surface area contributed by atoms with Gasteiger partial charge in [-0.1, -0.05) is 43.4 Å². The van der Waals surface area contributed by atoms with Crippen LogP contribution in [-0.2, 0) is 19.3 Å². The molecule has 0 unspecified atom stereocenters. The van der Waals surface area contributed by atoms with Crippen LogP contribution in [0.5, 0.6) is 0 Å². The number of hydrogen-bond donors (Lipinski definition) is 1. The van der Waals surface area contributed by atoms with Gasteiger partial charge in [-0.05, 0) is 79.1 Å². The Morgan fingerprint density at radius 1 is 1.08 bits per heavy atom. The Kier molecular flexibility index (Phi) is 4.54. The van der Waals surface area contributed by atoms with Crippen LogP contribution in [0.25, 0.3) is 11.6 Å². The lowest BCUT2D eigenvalue weighted by atomic mass is 9.88. The van der Waals surface area contributed by atoms with Crippen LogP contribution in [0.4, 0.5) is 0 Å². The highest BCUT2D eigenvalue weighted by molar-refractivity contribution is 5.85.